The molecule has 4 N–H and O–H groups in total. The highest BCUT2D eigenvalue weighted by Crippen LogP contribution is 2.43. The maximum absolute atomic E-state index is 9.99. The van der Waals surface area contributed by atoms with E-state index in [-0.39, 0.29) is 18.6 Å². The van der Waals surface area contributed by atoms with Crippen molar-refractivity contribution in [3.63, 3.8) is 0 Å². The summed E-state index contributed by atoms with van der Waals surface area (Å²) in [6.45, 7) is 3.78. The van der Waals surface area contributed by atoms with Gasteiger partial charge in [0.2, 0.25) is 0 Å². The summed E-state index contributed by atoms with van der Waals surface area (Å²) in [7, 11) is 0. The van der Waals surface area contributed by atoms with Crippen LogP contribution in [0.5, 0.6) is 0 Å². The van der Waals surface area contributed by atoms with Crippen molar-refractivity contribution in [2.75, 3.05) is 12.3 Å². The van der Waals surface area contributed by atoms with E-state index in [1.807, 2.05) is 0 Å². The Balaban J connectivity index is 2.07. The number of aliphatic hydroxyl groups excluding tert-OH is 2. The lowest BCUT2D eigenvalue weighted by molar-refractivity contribution is -0.00183. The lowest BCUT2D eigenvalue weighted by Gasteiger charge is -2.43. The maximum atomic E-state index is 9.99. The van der Waals surface area contributed by atoms with Crippen LogP contribution in [-0.4, -0.2) is 42.4 Å². The molecule has 94 valence electrons. The van der Waals surface area contributed by atoms with E-state index in [0.29, 0.717) is 17.0 Å². The summed E-state index contributed by atoms with van der Waals surface area (Å²) in [5, 5.41) is 19.1. The number of hydrogen-bond acceptors (Lipinski definition) is 6. The summed E-state index contributed by atoms with van der Waals surface area (Å²) in [5.41, 5.74) is 7.53. The molecule has 3 atom stereocenters. The third kappa shape index (κ3) is 1.28. The first-order chi connectivity index (χ1) is 8.65. The van der Waals surface area contributed by atoms with E-state index in [9.17, 15) is 5.11 Å². The van der Waals surface area contributed by atoms with Gasteiger partial charge in [-0.15, -0.1) is 0 Å². The van der Waals surface area contributed by atoms with Crippen LogP contribution in [0.15, 0.2) is 24.8 Å². The zero-order valence-corrected chi connectivity index (χ0v) is 9.56. The Kier molecular flexibility index (Phi) is 2.32. The van der Waals surface area contributed by atoms with E-state index in [1.54, 1.807) is 10.9 Å². The molecule has 1 aliphatic rings. The highest BCUT2D eigenvalue weighted by atomic mass is 16.3. The molecule has 7 heteroatoms. The van der Waals surface area contributed by atoms with Crippen LogP contribution in [0, 0.1) is 5.92 Å². The van der Waals surface area contributed by atoms with Crippen molar-refractivity contribution >= 4 is 17.0 Å². The van der Waals surface area contributed by atoms with E-state index < -0.39 is 6.10 Å². The van der Waals surface area contributed by atoms with Crippen molar-refractivity contribution in [3.8, 4) is 0 Å². The number of imidazole rings is 1. The van der Waals surface area contributed by atoms with Gasteiger partial charge < -0.3 is 20.5 Å². The van der Waals surface area contributed by atoms with Crippen LogP contribution in [0.3, 0.4) is 0 Å². The molecule has 1 saturated carbocycles. The Morgan fingerprint density at radius 1 is 1.39 bits per heavy atom. The second kappa shape index (κ2) is 3.76. The quantitative estimate of drug-likeness (QED) is 0.616. The predicted molar refractivity (Wildman–Crippen MR) is 64.5 cm³/mol. The van der Waals surface area contributed by atoms with Crippen LogP contribution in [0.4, 0.5) is 5.82 Å². The molecule has 0 amide bonds. The minimum Gasteiger partial charge on any atom is -0.396 e. The minimum atomic E-state index is -0.684. The SMILES string of the molecule is C=C1[C@H](CO)[C@H](O)[C@H]1n1cnc2c(N)ncnc21. The van der Waals surface area contributed by atoms with Gasteiger partial charge in [-0.2, -0.15) is 0 Å². The molecule has 18 heavy (non-hydrogen) atoms. The van der Waals surface area contributed by atoms with Crippen LogP contribution >= 0.6 is 0 Å². The average Bonchev–Trinajstić information content (AvgIpc) is 2.76. The van der Waals surface area contributed by atoms with Gasteiger partial charge in [0, 0.05) is 5.92 Å². The first kappa shape index (κ1) is 11.1. The fraction of sp³-hybridized carbons (Fsp3) is 0.364. The molecule has 2 heterocycles. The van der Waals surface area contributed by atoms with E-state index in [1.165, 1.54) is 6.33 Å². The van der Waals surface area contributed by atoms with Gasteiger partial charge in [0.25, 0.3) is 0 Å². The molecule has 0 aromatic carbocycles. The summed E-state index contributed by atoms with van der Waals surface area (Å²) in [6.07, 6.45) is 2.23. The maximum Gasteiger partial charge on any atom is 0.166 e. The molecule has 3 rings (SSSR count). The Labute approximate surface area is 103 Å². The number of nitrogen functional groups attached to an aromatic ring is 1. The molecule has 7 nitrogen and oxygen atoms in total. The second-order valence-electron chi connectivity index (χ2n) is 4.38. The molecule has 0 aliphatic heterocycles. The van der Waals surface area contributed by atoms with Gasteiger partial charge >= 0.3 is 0 Å². The predicted octanol–water partition coefficient (Wildman–Crippen LogP) is -0.511. The number of fused-ring (bicyclic) bond motifs is 1. The molecule has 0 bridgehead atoms. The fourth-order valence-electron chi connectivity index (χ4n) is 2.40. The third-order valence-corrected chi connectivity index (χ3v) is 3.48. The number of anilines is 1. The molecule has 0 unspecified atom stereocenters. The topological polar surface area (TPSA) is 110 Å². The molecule has 0 spiro atoms. The number of aromatic nitrogens is 4. The van der Waals surface area contributed by atoms with Gasteiger partial charge in [0.05, 0.1) is 25.1 Å². The number of rotatable bonds is 2. The van der Waals surface area contributed by atoms with Gasteiger partial charge in [-0.05, 0) is 5.57 Å². The van der Waals surface area contributed by atoms with Gasteiger partial charge in [-0.25, -0.2) is 15.0 Å². The van der Waals surface area contributed by atoms with Crippen molar-refractivity contribution in [2.24, 2.45) is 5.92 Å². The monoisotopic (exact) mass is 247 g/mol. The van der Waals surface area contributed by atoms with Crippen LogP contribution < -0.4 is 5.73 Å². The lowest BCUT2D eigenvalue weighted by Crippen LogP contribution is -2.47. The Morgan fingerprint density at radius 3 is 2.83 bits per heavy atom. The van der Waals surface area contributed by atoms with Crippen molar-refractivity contribution < 1.29 is 10.2 Å². The number of aliphatic hydroxyl groups is 2. The number of hydrogen-bond donors (Lipinski definition) is 3. The molecule has 0 saturated heterocycles. The highest BCUT2D eigenvalue weighted by molar-refractivity contribution is 5.81. The first-order valence-electron chi connectivity index (χ1n) is 5.55. The van der Waals surface area contributed by atoms with Crippen molar-refractivity contribution in [3.05, 3.63) is 24.8 Å². The Morgan fingerprint density at radius 2 is 2.17 bits per heavy atom. The van der Waals surface area contributed by atoms with Gasteiger partial charge in [-0.3, -0.25) is 0 Å². The smallest absolute Gasteiger partial charge is 0.166 e. The zero-order valence-electron chi connectivity index (χ0n) is 9.56. The summed E-state index contributed by atoms with van der Waals surface area (Å²) >= 11 is 0. The molecular weight excluding hydrogens is 234 g/mol. The molecule has 2 aromatic heterocycles. The van der Waals surface area contributed by atoms with Gasteiger partial charge in [-0.1, -0.05) is 6.58 Å². The van der Waals surface area contributed by atoms with Crippen LogP contribution in [0.1, 0.15) is 6.04 Å². The fourth-order valence-corrected chi connectivity index (χ4v) is 2.40. The first-order valence-corrected chi connectivity index (χ1v) is 5.55. The Hall–Kier alpha value is -1.99. The van der Waals surface area contributed by atoms with Crippen LogP contribution in [0.25, 0.3) is 11.2 Å². The van der Waals surface area contributed by atoms with Crippen molar-refractivity contribution in [2.45, 2.75) is 12.1 Å². The van der Waals surface area contributed by atoms with Crippen LogP contribution in [0.2, 0.25) is 0 Å². The largest absolute Gasteiger partial charge is 0.396 e. The average molecular weight is 247 g/mol. The third-order valence-electron chi connectivity index (χ3n) is 3.48. The molecule has 1 fully saturated rings. The summed E-state index contributed by atoms with van der Waals surface area (Å²) in [6, 6.07) is -0.318. The summed E-state index contributed by atoms with van der Waals surface area (Å²) < 4.78 is 1.71. The van der Waals surface area contributed by atoms with Crippen LogP contribution in [-0.2, 0) is 0 Å². The molecule has 0 radical (unpaired) electrons. The minimum absolute atomic E-state index is 0.111. The molecule has 1 aliphatic carbocycles. The van der Waals surface area contributed by atoms with E-state index >= 15 is 0 Å². The normalized spacial score (nSPS) is 27.4. The number of nitrogens with zero attached hydrogens (tertiary/aromatic N) is 4. The van der Waals surface area contributed by atoms with Crippen molar-refractivity contribution in [1.82, 2.24) is 19.5 Å². The van der Waals surface area contributed by atoms with E-state index in [4.69, 9.17) is 10.8 Å². The lowest BCUT2D eigenvalue weighted by atomic mass is 9.73. The molecular formula is C11H13N5O2. The van der Waals surface area contributed by atoms with E-state index in [0.717, 1.165) is 5.57 Å². The Bertz CT molecular complexity index is 623. The van der Waals surface area contributed by atoms with Gasteiger partial charge in [0.1, 0.15) is 11.8 Å². The van der Waals surface area contributed by atoms with Gasteiger partial charge in [0.15, 0.2) is 11.5 Å². The summed E-state index contributed by atoms with van der Waals surface area (Å²) in [5.74, 6) is 0.0171. The zero-order chi connectivity index (χ0) is 12.9. The highest BCUT2D eigenvalue weighted by Gasteiger charge is 2.45. The second-order valence-corrected chi connectivity index (χ2v) is 4.38. The summed E-state index contributed by atoms with van der Waals surface area (Å²) in [4.78, 5) is 12.1. The van der Waals surface area contributed by atoms with Crippen molar-refractivity contribution in [1.29, 1.82) is 0 Å². The standard InChI is InChI=1S/C11H13N5O2/c1-5-6(2-17)9(18)8(5)16-4-15-7-10(12)13-3-14-11(7)16/h3-4,6,8-9,17-18H,1-2H2,(H2,12,13,14)/t6-,8-,9-/m0/s1. The van der Waals surface area contributed by atoms with E-state index in [2.05, 4.69) is 21.5 Å². The number of nitrogens with two attached hydrogens (primary N) is 1. The molecule has 2 aromatic rings.